The molecule has 0 amide bonds. The highest BCUT2D eigenvalue weighted by atomic mass is 35.5. The molecule has 0 aromatic heterocycles. The van der Waals surface area contributed by atoms with Gasteiger partial charge in [0.1, 0.15) is 12.4 Å². The zero-order chi connectivity index (χ0) is 14.6. The lowest BCUT2D eigenvalue weighted by Gasteiger charge is -2.26. The number of hydrogen-bond donors (Lipinski definition) is 0. The Morgan fingerprint density at radius 3 is 2.55 bits per heavy atom. The van der Waals surface area contributed by atoms with E-state index in [-0.39, 0.29) is 5.41 Å². The lowest BCUT2D eigenvalue weighted by atomic mass is 9.87. The van der Waals surface area contributed by atoms with E-state index in [1.165, 1.54) is 5.56 Å². The summed E-state index contributed by atoms with van der Waals surface area (Å²) in [5.41, 5.74) is 1.33. The molecule has 3 nitrogen and oxygen atoms in total. The van der Waals surface area contributed by atoms with Gasteiger partial charge in [0.15, 0.2) is 0 Å². The van der Waals surface area contributed by atoms with Gasteiger partial charge in [-0.15, -0.1) is 0 Å². The maximum Gasteiger partial charge on any atom is 0.137 e. The summed E-state index contributed by atoms with van der Waals surface area (Å²) in [5, 5.41) is 0.694. The van der Waals surface area contributed by atoms with Crippen LogP contribution in [0.1, 0.15) is 26.3 Å². The van der Waals surface area contributed by atoms with Crippen LogP contribution in [0, 0.1) is 0 Å². The predicted octanol–water partition coefficient (Wildman–Crippen LogP) is 3.35. The first kappa shape index (κ1) is 15.6. The quantitative estimate of drug-likeness (QED) is 0.851. The SMILES string of the molecule is CC(C)(C)c1ccc(OCCN2CCOCC2)c(Cl)c1. The smallest absolute Gasteiger partial charge is 0.137 e. The molecule has 0 saturated carbocycles. The van der Waals surface area contributed by atoms with Crippen molar-refractivity contribution in [2.45, 2.75) is 26.2 Å². The molecule has 1 fully saturated rings. The van der Waals surface area contributed by atoms with Crippen LogP contribution < -0.4 is 4.74 Å². The van der Waals surface area contributed by atoms with E-state index >= 15 is 0 Å². The molecule has 0 spiro atoms. The van der Waals surface area contributed by atoms with Gasteiger partial charge >= 0.3 is 0 Å². The van der Waals surface area contributed by atoms with Crippen LogP contribution in [0.25, 0.3) is 0 Å². The zero-order valence-corrected chi connectivity index (χ0v) is 13.4. The van der Waals surface area contributed by atoms with Gasteiger partial charge in [0.05, 0.1) is 18.2 Å². The van der Waals surface area contributed by atoms with Crippen LogP contribution in [0.5, 0.6) is 5.75 Å². The average molecular weight is 298 g/mol. The maximum atomic E-state index is 6.30. The van der Waals surface area contributed by atoms with E-state index in [1.54, 1.807) is 0 Å². The molecule has 0 aliphatic carbocycles. The Bertz CT molecular complexity index is 437. The normalized spacial score (nSPS) is 17.2. The van der Waals surface area contributed by atoms with E-state index in [2.05, 4.69) is 31.7 Å². The Hall–Kier alpha value is -0.770. The summed E-state index contributed by atoms with van der Waals surface area (Å²) in [4.78, 5) is 2.35. The van der Waals surface area contributed by atoms with Crippen molar-refractivity contribution in [1.82, 2.24) is 4.90 Å². The number of ether oxygens (including phenoxy) is 2. The molecule has 1 heterocycles. The lowest BCUT2D eigenvalue weighted by Crippen LogP contribution is -2.38. The number of nitrogens with zero attached hydrogens (tertiary/aromatic N) is 1. The van der Waals surface area contributed by atoms with Crippen LogP contribution in [-0.4, -0.2) is 44.4 Å². The van der Waals surface area contributed by atoms with Crippen LogP contribution in [0.3, 0.4) is 0 Å². The van der Waals surface area contributed by atoms with Crippen molar-refractivity contribution < 1.29 is 9.47 Å². The third-order valence-electron chi connectivity index (χ3n) is 3.57. The van der Waals surface area contributed by atoms with Gasteiger partial charge in [0.25, 0.3) is 0 Å². The third kappa shape index (κ3) is 4.37. The second-order valence-electron chi connectivity index (χ2n) is 6.20. The summed E-state index contributed by atoms with van der Waals surface area (Å²) < 4.78 is 11.1. The average Bonchev–Trinajstić information content (AvgIpc) is 2.40. The zero-order valence-electron chi connectivity index (χ0n) is 12.6. The van der Waals surface area contributed by atoms with Crippen molar-refractivity contribution in [3.05, 3.63) is 28.8 Å². The minimum absolute atomic E-state index is 0.107. The molecule has 0 unspecified atom stereocenters. The van der Waals surface area contributed by atoms with E-state index in [4.69, 9.17) is 21.1 Å². The summed E-state index contributed by atoms with van der Waals surface area (Å²) in [5.74, 6) is 0.771. The van der Waals surface area contributed by atoms with Crippen molar-refractivity contribution in [2.24, 2.45) is 0 Å². The van der Waals surface area contributed by atoms with Crippen molar-refractivity contribution in [3.8, 4) is 5.75 Å². The molecule has 1 aromatic rings. The molecular weight excluding hydrogens is 274 g/mol. The van der Waals surface area contributed by atoms with Gasteiger partial charge in [-0.3, -0.25) is 4.90 Å². The predicted molar refractivity (Wildman–Crippen MR) is 82.9 cm³/mol. The number of morpholine rings is 1. The Morgan fingerprint density at radius 1 is 1.25 bits per heavy atom. The van der Waals surface area contributed by atoms with Crippen molar-refractivity contribution >= 4 is 11.6 Å². The fraction of sp³-hybridized carbons (Fsp3) is 0.625. The Balaban J connectivity index is 1.86. The van der Waals surface area contributed by atoms with Crippen molar-refractivity contribution in [3.63, 3.8) is 0 Å². The molecule has 1 aliphatic heterocycles. The summed E-state index contributed by atoms with van der Waals surface area (Å²) in [6.45, 7) is 11.7. The molecule has 0 N–H and O–H groups in total. The third-order valence-corrected chi connectivity index (χ3v) is 3.86. The van der Waals surface area contributed by atoms with Gasteiger partial charge in [-0.2, -0.15) is 0 Å². The van der Waals surface area contributed by atoms with E-state index < -0.39 is 0 Å². The number of benzene rings is 1. The molecular formula is C16H24ClNO2. The van der Waals surface area contributed by atoms with Gasteiger partial charge < -0.3 is 9.47 Å². The second kappa shape index (κ2) is 6.79. The molecule has 1 aliphatic rings. The van der Waals surface area contributed by atoms with Gasteiger partial charge in [0, 0.05) is 19.6 Å². The highest BCUT2D eigenvalue weighted by Crippen LogP contribution is 2.31. The fourth-order valence-electron chi connectivity index (χ4n) is 2.19. The summed E-state index contributed by atoms with van der Waals surface area (Å²) >= 11 is 6.30. The second-order valence-corrected chi connectivity index (χ2v) is 6.60. The standard InChI is InChI=1S/C16H24ClNO2/c1-16(2,3)13-4-5-15(14(17)12-13)20-11-8-18-6-9-19-10-7-18/h4-5,12H,6-11H2,1-3H3. The van der Waals surface area contributed by atoms with Gasteiger partial charge in [-0.05, 0) is 23.1 Å². The van der Waals surface area contributed by atoms with Gasteiger partial charge in [-0.25, -0.2) is 0 Å². The first-order chi connectivity index (χ1) is 9.47. The largest absolute Gasteiger partial charge is 0.491 e. The fourth-order valence-corrected chi connectivity index (χ4v) is 2.43. The maximum absolute atomic E-state index is 6.30. The molecule has 1 saturated heterocycles. The van der Waals surface area contributed by atoms with Gasteiger partial charge in [-0.1, -0.05) is 38.4 Å². The number of halogens is 1. The van der Waals surface area contributed by atoms with Gasteiger partial charge in [0.2, 0.25) is 0 Å². The molecule has 112 valence electrons. The van der Waals surface area contributed by atoms with Crippen LogP contribution in [0.4, 0.5) is 0 Å². The first-order valence-corrected chi connectivity index (χ1v) is 7.57. The van der Waals surface area contributed by atoms with Crippen molar-refractivity contribution in [2.75, 3.05) is 39.5 Å². The van der Waals surface area contributed by atoms with Crippen LogP contribution in [-0.2, 0) is 10.2 Å². The molecule has 4 heteroatoms. The molecule has 20 heavy (non-hydrogen) atoms. The van der Waals surface area contributed by atoms with Crippen LogP contribution in [0.15, 0.2) is 18.2 Å². The number of rotatable bonds is 4. The summed E-state index contributed by atoms with van der Waals surface area (Å²) in [6, 6.07) is 6.07. The molecule has 0 atom stereocenters. The van der Waals surface area contributed by atoms with E-state index in [9.17, 15) is 0 Å². The Labute approximate surface area is 126 Å². The Morgan fingerprint density at radius 2 is 1.95 bits per heavy atom. The minimum Gasteiger partial charge on any atom is -0.491 e. The van der Waals surface area contributed by atoms with E-state index in [1.807, 2.05) is 12.1 Å². The minimum atomic E-state index is 0.107. The summed E-state index contributed by atoms with van der Waals surface area (Å²) in [6.07, 6.45) is 0. The molecule has 0 radical (unpaired) electrons. The number of hydrogen-bond acceptors (Lipinski definition) is 3. The summed E-state index contributed by atoms with van der Waals surface area (Å²) in [7, 11) is 0. The molecule has 2 rings (SSSR count). The Kier molecular flexibility index (Phi) is 5.30. The molecule has 1 aromatic carbocycles. The van der Waals surface area contributed by atoms with Crippen LogP contribution in [0.2, 0.25) is 5.02 Å². The van der Waals surface area contributed by atoms with Crippen molar-refractivity contribution in [1.29, 1.82) is 0 Å². The lowest BCUT2D eigenvalue weighted by molar-refractivity contribution is 0.0322. The topological polar surface area (TPSA) is 21.7 Å². The van der Waals surface area contributed by atoms with E-state index in [0.717, 1.165) is 38.6 Å². The highest BCUT2D eigenvalue weighted by molar-refractivity contribution is 6.32. The highest BCUT2D eigenvalue weighted by Gasteiger charge is 2.15. The molecule has 0 bridgehead atoms. The monoisotopic (exact) mass is 297 g/mol. The first-order valence-electron chi connectivity index (χ1n) is 7.20. The van der Waals surface area contributed by atoms with E-state index in [0.29, 0.717) is 11.6 Å². The van der Waals surface area contributed by atoms with Crippen LogP contribution >= 0.6 is 11.6 Å².